The van der Waals surface area contributed by atoms with E-state index in [9.17, 15) is 14.7 Å². The normalized spacial score (nSPS) is 11.3. The second-order valence-electron chi connectivity index (χ2n) is 5.47. The average Bonchev–Trinajstić information content (AvgIpc) is 2.54. The number of benzene rings is 1. The Morgan fingerprint density at radius 3 is 2.54 bits per heavy atom. The molecule has 128 valence electrons. The lowest BCUT2D eigenvalue weighted by Gasteiger charge is -2.11. The van der Waals surface area contributed by atoms with Crippen LogP contribution in [-0.4, -0.2) is 39.1 Å². The van der Waals surface area contributed by atoms with Crippen molar-refractivity contribution in [2.45, 2.75) is 19.8 Å². The Labute approximate surface area is 138 Å². The highest BCUT2D eigenvalue weighted by Crippen LogP contribution is 2.19. The molecule has 0 saturated carbocycles. The first-order valence-electron chi connectivity index (χ1n) is 7.51. The molecule has 0 aliphatic heterocycles. The van der Waals surface area contributed by atoms with Crippen LogP contribution in [-0.2, 0) is 0 Å². The highest BCUT2D eigenvalue weighted by molar-refractivity contribution is 5.82. The van der Waals surface area contributed by atoms with Crippen LogP contribution in [0, 0.1) is 0 Å². The van der Waals surface area contributed by atoms with E-state index >= 15 is 0 Å². The highest BCUT2D eigenvalue weighted by Gasteiger charge is 2.14. The lowest BCUT2D eigenvalue weighted by atomic mass is 10.0. The van der Waals surface area contributed by atoms with Crippen LogP contribution >= 0.6 is 0 Å². The molecule has 0 aliphatic carbocycles. The number of aromatic nitrogens is 2. The Morgan fingerprint density at radius 2 is 1.96 bits per heavy atom. The van der Waals surface area contributed by atoms with Crippen LogP contribution in [0.25, 0.3) is 5.69 Å². The van der Waals surface area contributed by atoms with E-state index in [4.69, 9.17) is 5.11 Å². The zero-order chi connectivity index (χ0) is 17.7. The van der Waals surface area contributed by atoms with E-state index in [1.54, 1.807) is 12.1 Å². The van der Waals surface area contributed by atoms with Crippen molar-refractivity contribution in [3.05, 3.63) is 56.2 Å². The van der Waals surface area contributed by atoms with Crippen LogP contribution in [0.2, 0.25) is 0 Å². The monoisotopic (exact) mass is 332 g/mol. The zero-order valence-electron chi connectivity index (χ0n) is 13.5. The molecular formula is C16H20N4O4. The summed E-state index contributed by atoms with van der Waals surface area (Å²) in [6, 6.07) is 7.10. The molecule has 1 aromatic heterocycles. The summed E-state index contributed by atoms with van der Waals surface area (Å²) in [5.41, 5.74) is 2.37. The van der Waals surface area contributed by atoms with Crippen molar-refractivity contribution in [2.75, 3.05) is 13.2 Å². The molecule has 1 aromatic carbocycles. The van der Waals surface area contributed by atoms with Crippen LogP contribution < -0.4 is 16.7 Å². The third-order valence-electron chi connectivity index (χ3n) is 3.45. The molecule has 0 fully saturated rings. The second kappa shape index (κ2) is 7.60. The van der Waals surface area contributed by atoms with Crippen molar-refractivity contribution in [3.63, 3.8) is 0 Å². The SMILES string of the molecule is CC(C)c1ccc(-n2c(O)c(/C=N/NCCO)c(=O)[nH]c2=O)cc1. The van der Waals surface area contributed by atoms with E-state index in [0.717, 1.165) is 16.3 Å². The van der Waals surface area contributed by atoms with Crippen molar-refractivity contribution in [2.24, 2.45) is 5.10 Å². The lowest BCUT2D eigenvalue weighted by molar-refractivity contribution is 0.294. The summed E-state index contributed by atoms with van der Waals surface area (Å²) >= 11 is 0. The van der Waals surface area contributed by atoms with Gasteiger partial charge in [-0.1, -0.05) is 26.0 Å². The molecule has 24 heavy (non-hydrogen) atoms. The predicted octanol–water partition coefficient (Wildman–Crippen LogP) is 0.271. The van der Waals surface area contributed by atoms with Crippen molar-refractivity contribution in [1.82, 2.24) is 15.0 Å². The average molecular weight is 332 g/mol. The standard InChI is InChI=1S/C16H20N4O4/c1-10(2)11-3-5-12(6-4-11)20-15(23)13(9-18-17-7-8-21)14(22)19-16(20)24/h3-6,9-10,17,21,23H,7-8H2,1-2H3,(H,19,22,24)/b18-9+. The molecule has 8 nitrogen and oxygen atoms in total. The minimum atomic E-state index is -0.748. The number of nitrogens with zero attached hydrogens (tertiary/aromatic N) is 2. The predicted molar refractivity (Wildman–Crippen MR) is 91.1 cm³/mol. The third kappa shape index (κ3) is 3.72. The number of hydrogen-bond donors (Lipinski definition) is 4. The van der Waals surface area contributed by atoms with Gasteiger partial charge >= 0.3 is 5.69 Å². The quantitative estimate of drug-likeness (QED) is 0.344. The van der Waals surface area contributed by atoms with Gasteiger partial charge in [0, 0.05) is 0 Å². The van der Waals surface area contributed by atoms with Gasteiger partial charge in [0.2, 0.25) is 5.88 Å². The van der Waals surface area contributed by atoms with E-state index < -0.39 is 17.1 Å². The molecule has 2 aromatic rings. The maximum atomic E-state index is 12.1. The Bertz CT molecular complexity index is 835. The maximum absolute atomic E-state index is 12.1. The highest BCUT2D eigenvalue weighted by atomic mass is 16.3. The number of hydrogen-bond acceptors (Lipinski definition) is 6. The Balaban J connectivity index is 2.48. The van der Waals surface area contributed by atoms with E-state index in [-0.39, 0.29) is 18.7 Å². The summed E-state index contributed by atoms with van der Waals surface area (Å²) in [5.74, 6) is -0.171. The Morgan fingerprint density at radius 1 is 1.29 bits per heavy atom. The van der Waals surface area contributed by atoms with Gasteiger partial charge in [0.1, 0.15) is 5.56 Å². The molecular weight excluding hydrogens is 312 g/mol. The number of hydrazone groups is 1. The topological polar surface area (TPSA) is 120 Å². The summed E-state index contributed by atoms with van der Waals surface area (Å²) in [7, 11) is 0. The first-order chi connectivity index (χ1) is 11.5. The van der Waals surface area contributed by atoms with E-state index in [1.165, 1.54) is 0 Å². The van der Waals surface area contributed by atoms with Gasteiger partial charge in [0.25, 0.3) is 5.56 Å². The van der Waals surface area contributed by atoms with Gasteiger partial charge in [-0.25, -0.2) is 9.36 Å². The number of rotatable bonds is 6. The Kier molecular flexibility index (Phi) is 5.54. The molecule has 0 atom stereocenters. The molecule has 0 amide bonds. The van der Waals surface area contributed by atoms with Crippen molar-refractivity contribution in [1.29, 1.82) is 0 Å². The van der Waals surface area contributed by atoms with Crippen molar-refractivity contribution in [3.8, 4) is 11.6 Å². The van der Waals surface area contributed by atoms with Crippen LogP contribution in [0.3, 0.4) is 0 Å². The van der Waals surface area contributed by atoms with Crippen molar-refractivity contribution < 1.29 is 10.2 Å². The summed E-state index contributed by atoms with van der Waals surface area (Å²) in [6.45, 7) is 4.17. The third-order valence-corrected chi connectivity index (χ3v) is 3.45. The molecule has 2 rings (SSSR count). The van der Waals surface area contributed by atoms with Gasteiger partial charge in [-0.3, -0.25) is 9.78 Å². The fourth-order valence-electron chi connectivity index (χ4n) is 2.13. The number of H-pyrrole nitrogens is 1. The minimum absolute atomic E-state index is 0.124. The molecule has 0 spiro atoms. The molecule has 0 bridgehead atoms. The fraction of sp³-hybridized carbons (Fsp3) is 0.312. The number of aromatic hydroxyl groups is 1. The molecule has 0 unspecified atom stereocenters. The Hall–Kier alpha value is -2.87. The molecule has 4 N–H and O–H groups in total. The van der Waals surface area contributed by atoms with Crippen LogP contribution in [0.4, 0.5) is 0 Å². The van der Waals surface area contributed by atoms with E-state index in [1.807, 2.05) is 26.0 Å². The van der Waals surface area contributed by atoms with Gasteiger partial charge in [-0.15, -0.1) is 0 Å². The number of nitrogens with one attached hydrogen (secondary N) is 2. The summed E-state index contributed by atoms with van der Waals surface area (Å²) < 4.78 is 0.999. The summed E-state index contributed by atoms with van der Waals surface area (Å²) in [6.07, 6.45) is 1.10. The molecule has 8 heteroatoms. The number of aliphatic hydroxyl groups is 1. The number of aliphatic hydroxyl groups excluding tert-OH is 1. The second-order valence-corrected chi connectivity index (χ2v) is 5.47. The molecule has 0 aliphatic rings. The molecule has 0 radical (unpaired) electrons. The maximum Gasteiger partial charge on any atom is 0.335 e. The van der Waals surface area contributed by atoms with Crippen LogP contribution in [0.15, 0.2) is 39.0 Å². The number of aromatic amines is 1. The van der Waals surface area contributed by atoms with Crippen LogP contribution in [0.1, 0.15) is 30.9 Å². The largest absolute Gasteiger partial charge is 0.493 e. The lowest BCUT2D eigenvalue weighted by Crippen LogP contribution is -2.31. The van der Waals surface area contributed by atoms with Gasteiger partial charge in [0.05, 0.1) is 25.1 Å². The zero-order valence-corrected chi connectivity index (χ0v) is 13.5. The minimum Gasteiger partial charge on any atom is -0.493 e. The first kappa shape index (κ1) is 17.5. The summed E-state index contributed by atoms with van der Waals surface area (Å²) in [5, 5.41) is 22.7. The summed E-state index contributed by atoms with van der Waals surface area (Å²) in [4.78, 5) is 26.1. The smallest absolute Gasteiger partial charge is 0.335 e. The van der Waals surface area contributed by atoms with Gasteiger partial charge in [0.15, 0.2) is 0 Å². The molecule has 0 saturated heterocycles. The van der Waals surface area contributed by atoms with E-state index in [2.05, 4.69) is 15.5 Å². The van der Waals surface area contributed by atoms with Crippen molar-refractivity contribution >= 4 is 6.21 Å². The molecule has 1 heterocycles. The van der Waals surface area contributed by atoms with Gasteiger partial charge in [-0.2, -0.15) is 5.10 Å². The fourth-order valence-corrected chi connectivity index (χ4v) is 2.13. The van der Waals surface area contributed by atoms with Gasteiger partial charge < -0.3 is 15.6 Å². The first-order valence-corrected chi connectivity index (χ1v) is 7.51. The van der Waals surface area contributed by atoms with Gasteiger partial charge in [-0.05, 0) is 23.6 Å². The van der Waals surface area contributed by atoms with Crippen LogP contribution in [0.5, 0.6) is 5.88 Å². The van der Waals surface area contributed by atoms with E-state index in [0.29, 0.717) is 11.6 Å².